The molecule has 118 valence electrons. The molecule has 5 nitrogen and oxygen atoms in total. The molecule has 0 radical (unpaired) electrons. The second kappa shape index (κ2) is 8.14. The molecule has 21 heavy (non-hydrogen) atoms. The molecule has 0 N–H and O–H groups in total. The molecule has 0 saturated carbocycles. The van der Waals surface area contributed by atoms with Gasteiger partial charge in [0.15, 0.2) is 0 Å². The molecule has 0 aliphatic rings. The van der Waals surface area contributed by atoms with Gasteiger partial charge in [-0.05, 0) is 25.8 Å². The Bertz CT molecular complexity index is 569. The molecule has 0 spiro atoms. The topological polar surface area (TPSA) is 63.7 Å². The first-order valence-corrected chi connectivity index (χ1v) is 8.69. The van der Waals surface area contributed by atoms with Gasteiger partial charge in [0.05, 0.1) is 12.4 Å². The fraction of sp³-hybridized carbons (Fsp3) is 0.533. The Hall–Kier alpha value is -1.40. The van der Waals surface area contributed by atoms with Crippen molar-refractivity contribution in [2.75, 3.05) is 19.7 Å². The van der Waals surface area contributed by atoms with Crippen molar-refractivity contribution in [1.82, 2.24) is 4.31 Å². The zero-order chi connectivity index (χ0) is 15.9. The molecule has 0 unspecified atom stereocenters. The minimum absolute atomic E-state index is 0.103. The number of nitrogens with zero attached hydrogens (tertiary/aromatic N) is 1. The lowest BCUT2D eigenvalue weighted by atomic mass is 10.2. The van der Waals surface area contributed by atoms with Crippen molar-refractivity contribution in [2.45, 2.75) is 32.9 Å². The van der Waals surface area contributed by atoms with Gasteiger partial charge in [-0.25, -0.2) is 8.42 Å². The Labute approximate surface area is 127 Å². The van der Waals surface area contributed by atoms with Crippen molar-refractivity contribution >= 4 is 16.0 Å². The van der Waals surface area contributed by atoms with Crippen LogP contribution in [-0.2, 0) is 25.3 Å². The number of ether oxygens (including phenoxy) is 1. The van der Waals surface area contributed by atoms with Crippen LogP contribution in [0, 0.1) is 6.92 Å². The van der Waals surface area contributed by atoms with Crippen LogP contribution in [0.25, 0.3) is 0 Å². The van der Waals surface area contributed by atoms with E-state index in [0.29, 0.717) is 13.0 Å². The molecule has 0 amide bonds. The summed E-state index contributed by atoms with van der Waals surface area (Å²) in [6.07, 6.45) is 0.645. The standard InChI is InChI=1S/C15H23NO4S/c1-4-9-16(11-15(17)20-5-2)21(18,19)12-14-8-6-7-13(3)10-14/h6-8,10H,4-5,9,11-12H2,1-3H3. The van der Waals surface area contributed by atoms with E-state index >= 15 is 0 Å². The van der Waals surface area contributed by atoms with E-state index in [2.05, 4.69) is 0 Å². The van der Waals surface area contributed by atoms with Crippen molar-refractivity contribution in [1.29, 1.82) is 0 Å². The van der Waals surface area contributed by atoms with E-state index in [4.69, 9.17) is 4.74 Å². The Kier molecular flexibility index (Phi) is 6.84. The number of benzene rings is 1. The summed E-state index contributed by atoms with van der Waals surface area (Å²) in [6, 6.07) is 7.36. The predicted octanol–water partition coefficient (Wildman–Crippen LogP) is 2.10. The summed E-state index contributed by atoms with van der Waals surface area (Å²) in [7, 11) is -3.54. The largest absolute Gasteiger partial charge is 0.465 e. The van der Waals surface area contributed by atoms with Gasteiger partial charge < -0.3 is 4.74 Å². The Morgan fingerprint density at radius 3 is 2.57 bits per heavy atom. The van der Waals surface area contributed by atoms with Gasteiger partial charge in [0.25, 0.3) is 0 Å². The molecule has 1 aromatic rings. The van der Waals surface area contributed by atoms with Crippen LogP contribution in [0.2, 0.25) is 0 Å². The average Bonchev–Trinajstić information content (AvgIpc) is 2.38. The summed E-state index contributed by atoms with van der Waals surface area (Å²) in [6.45, 7) is 5.82. The van der Waals surface area contributed by atoms with Crippen LogP contribution in [0.5, 0.6) is 0 Å². The number of aryl methyl sites for hydroxylation is 1. The number of hydrogen-bond acceptors (Lipinski definition) is 4. The van der Waals surface area contributed by atoms with E-state index in [1.165, 1.54) is 4.31 Å². The Morgan fingerprint density at radius 2 is 2.00 bits per heavy atom. The van der Waals surface area contributed by atoms with E-state index in [-0.39, 0.29) is 18.9 Å². The van der Waals surface area contributed by atoms with Crippen LogP contribution in [0.15, 0.2) is 24.3 Å². The third-order valence-electron chi connectivity index (χ3n) is 2.91. The number of carbonyl (C=O) groups is 1. The lowest BCUT2D eigenvalue weighted by Crippen LogP contribution is -2.37. The summed E-state index contributed by atoms with van der Waals surface area (Å²) in [5, 5.41) is 0. The molecular formula is C15H23NO4S. The molecule has 0 aliphatic heterocycles. The van der Waals surface area contributed by atoms with Crippen LogP contribution in [0.3, 0.4) is 0 Å². The van der Waals surface area contributed by atoms with E-state index < -0.39 is 16.0 Å². The van der Waals surface area contributed by atoms with Gasteiger partial charge in [-0.3, -0.25) is 4.79 Å². The second-order valence-electron chi connectivity index (χ2n) is 4.88. The predicted molar refractivity (Wildman–Crippen MR) is 82.3 cm³/mol. The molecule has 0 heterocycles. The zero-order valence-corrected chi connectivity index (χ0v) is 13.6. The molecule has 1 aromatic carbocycles. The number of hydrogen-bond donors (Lipinski definition) is 0. The fourth-order valence-electron chi connectivity index (χ4n) is 2.02. The maximum Gasteiger partial charge on any atom is 0.321 e. The Morgan fingerprint density at radius 1 is 1.29 bits per heavy atom. The van der Waals surface area contributed by atoms with Gasteiger partial charge in [-0.1, -0.05) is 36.8 Å². The Balaban J connectivity index is 2.86. The van der Waals surface area contributed by atoms with Crippen molar-refractivity contribution < 1.29 is 17.9 Å². The summed E-state index contributed by atoms with van der Waals surface area (Å²) in [5.41, 5.74) is 1.73. The molecule has 0 aliphatic carbocycles. The summed E-state index contributed by atoms with van der Waals surface area (Å²) < 4.78 is 31.0. The average molecular weight is 313 g/mol. The summed E-state index contributed by atoms with van der Waals surface area (Å²) in [5.74, 6) is -0.618. The number of carbonyl (C=O) groups excluding carboxylic acids is 1. The van der Waals surface area contributed by atoms with Gasteiger partial charge in [0.1, 0.15) is 6.54 Å². The monoisotopic (exact) mass is 313 g/mol. The van der Waals surface area contributed by atoms with Crippen LogP contribution in [0.4, 0.5) is 0 Å². The zero-order valence-electron chi connectivity index (χ0n) is 12.8. The molecule has 0 bridgehead atoms. The molecule has 0 fully saturated rings. The van der Waals surface area contributed by atoms with Crippen LogP contribution in [0.1, 0.15) is 31.4 Å². The third-order valence-corrected chi connectivity index (χ3v) is 4.71. The van der Waals surface area contributed by atoms with Crippen LogP contribution in [-0.4, -0.2) is 38.4 Å². The normalized spacial score (nSPS) is 11.6. The van der Waals surface area contributed by atoms with Crippen LogP contribution < -0.4 is 0 Å². The number of sulfonamides is 1. The molecule has 6 heteroatoms. The van der Waals surface area contributed by atoms with Gasteiger partial charge in [-0.2, -0.15) is 4.31 Å². The first-order chi connectivity index (χ1) is 9.89. The van der Waals surface area contributed by atoms with E-state index in [9.17, 15) is 13.2 Å². The van der Waals surface area contributed by atoms with E-state index in [1.54, 1.807) is 13.0 Å². The maximum absolute atomic E-state index is 12.5. The quantitative estimate of drug-likeness (QED) is 0.690. The highest BCUT2D eigenvalue weighted by Crippen LogP contribution is 2.13. The highest BCUT2D eigenvalue weighted by atomic mass is 32.2. The molecule has 0 saturated heterocycles. The summed E-state index contributed by atoms with van der Waals surface area (Å²) in [4.78, 5) is 11.6. The highest BCUT2D eigenvalue weighted by Gasteiger charge is 2.24. The number of esters is 1. The van der Waals surface area contributed by atoms with E-state index in [0.717, 1.165) is 11.1 Å². The maximum atomic E-state index is 12.5. The molecule has 1 rings (SSSR count). The molecule has 0 atom stereocenters. The van der Waals surface area contributed by atoms with Crippen molar-refractivity contribution in [3.8, 4) is 0 Å². The SMILES string of the molecule is CCCN(CC(=O)OCC)S(=O)(=O)Cc1cccc(C)c1. The smallest absolute Gasteiger partial charge is 0.321 e. The molecular weight excluding hydrogens is 290 g/mol. The van der Waals surface area contributed by atoms with Crippen LogP contribution >= 0.6 is 0 Å². The van der Waals surface area contributed by atoms with Crippen molar-refractivity contribution in [3.05, 3.63) is 35.4 Å². The number of rotatable bonds is 8. The minimum atomic E-state index is -3.54. The van der Waals surface area contributed by atoms with Gasteiger partial charge in [0.2, 0.25) is 10.0 Å². The minimum Gasteiger partial charge on any atom is -0.465 e. The molecule has 0 aromatic heterocycles. The first kappa shape index (κ1) is 17.7. The van der Waals surface area contributed by atoms with E-state index in [1.807, 2.05) is 32.0 Å². The van der Waals surface area contributed by atoms with Crippen molar-refractivity contribution in [2.24, 2.45) is 0 Å². The second-order valence-corrected chi connectivity index (χ2v) is 6.85. The van der Waals surface area contributed by atoms with Gasteiger partial charge in [0, 0.05) is 6.54 Å². The highest BCUT2D eigenvalue weighted by molar-refractivity contribution is 7.88. The van der Waals surface area contributed by atoms with Crippen molar-refractivity contribution in [3.63, 3.8) is 0 Å². The lowest BCUT2D eigenvalue weighted by Gasteiger charge is -2.20. The van der Waals surface area contributed by atoms with Gasteiger partial charge >= 0.3 is 5.97 Å². The van der Waals surface area contributed by atoms with Gasteiger partial charge in [-0.15, -0.1) is 0 Å². The lowest BCUT2D eigenvalue weighted by molar-refractivity contribution is -0.143. The summed E-state index contributed by atoms with van der Waals surface area (Å²) >= 11 is 0. The third kappa shape index (κ3) is 5.85. The first-order valence-electron chi connectivity index (χ1n) is 7.08. The fourth-order valence-corrected chi connectivity index (χ4v) is 3.57.